The first-order valence-electron chi connectivity index (χ1n) is 10.4. The number of piperazine rings is 1. The second-order valence-corrected chi connectivity index (χ2v) is 10.7. The highest BCUT2D eigenvalue weighted by molar-refractivity contribution is 7.89. The van der Waals surface area contributed by atoms with Crippen molar-refractivity contribution in [2.24, 2.45) is 11.8 Å². The molecule has 1 amide bonds. The van der Waals surface area contributed by atoms with Crippen molar-refractivity contribution in [2.45, 2.75) is 39.0 Å². The Morgan fingerprint density at radius 1 is 1.07 bits per heavy atom. The number of piperidine rings is 1. The topological polar surface area (TPSA) is 62.1 Å². The average Bonchev–Trinajstić information content (AvgIpc) is 2.60. The number of likely N-dealkylation sites (tertiary alicyclic amines) is 1. The van der Waals surface area contributed by atoms with Crippen LogP contribution in [0.5, 0.6) is 0 Å². The molecule has 28 heavy (non-hydrogen) atoms. The molecule has 0 aliphatic carbocycles. The first-order chi connectivity index (χ1) is 13.2. The minimum absolute atomic E-state index is 0.153. The van der Waals surface area contributed by atoms with E-state index < -0.39 is 10.0 Å². The molecule has 2 atom stereocenters. The Morgan fingerprint density at radius 3 is 2.25 bits per heavy atom. The van der Waals surface area contributed by atoms with Crippen molar-refractivity contribution in [3.63, 3.8) is 0 Å². The zero-order valence-electron chi connectivity index (χ0n) is 17.6. The summed E-state index contributed by atoms with van der Waals surface area (Å²) in [4.78, 5) is 16.3. The van der Waals surface area contributed by atoms with E-state index in [1.54, 1.807) is 6.07 Å². The highest BCUT2D eigenvalue weighted by Gasteiger charge is 2.33. The number of quaternary nitrogens is 1. The second kappa shape index (κ2) is 8.51. The number of aryl methyl sites for hydroxylation is 2. The summed E-state index contributed by atoms with van der Waals surface area (Å²) in [5, 5.41) is 0. The monoisotopic (exact) mass is 408 g/mol. The van der Waals surface area contributed by atoms with Gasteiger partial charge in [-0.25, -0.2) is 8.42 Å². The minimum Gasteiger partial charge on any atom is -0.335 e. The van der Waals surface area contributed by atoms with Gasteiger partial charge in [0.15, 0.2) is 6.54 Å². The Kier molecular flexibility index (Phi) is 6.47. The SMILES string of the molecule is Cc1ccc(S(=O)(=O)N2CCN(C(=O)C[NH+]3C[C@H](C)C[C@@H](C)C3)CC2)c(C)c1. The van der Waals surface area contributed by atoms with E-state index in [0.29, 0.717) is 49.5 Å². The highest BCUT2D eigenvalue weighted by Crippen LogP contribution is 2.22. The predicted molar refractivity (Wildman–Crippen MR) is 110 cm³/mol. The lowest BCUT2D eigenvalue weighted by atomic mass is 9.92. The van der Waals surface area contributed by atoms with Crippen LogP contribution in [-0.2, 0) is 14.8 Å². The van der Waals surface area contributed by atoms with Gasteiger partial charge < -0.3 is 9.80 Å². The molecule has 1 aromatic carbocycles. The molecule has 2 aliphatic heterocycles. The van der Waals surface area contributed by atoms with E-state index in [0.717, 1.165) is 24.2 Å². The van der Waals surface area contributed by atoms with Crippen LogP contribution < -0.4 is 4.90 Å². The van der Waals surface area contributed by atoms with Gasteiger partial charge in [0.2, 0.25) is 10.0 Å². The molecule has 0 aromatic heterocycles. The molecule has 156 valence electrons. The minimum atomic E-state index is -3.51. The third kappa shape index (κ3) is 4.75. The molecule has 2 fully saturated rings. The van der Waals surface area contributed by atoms with Crippen LogP contribution in [0.4, 0.5) is 0 Å². The Hall–Kier alpha value is -1.44. The van der Waals surface area contributed by atoms with Crippen molar-refractivity contribution in [3.05, 3.63) is 29.3 Å². The lowest BCUT2D eigenvalue weighted by molar-refractivity contribution is -0.904. The zero-order chi connectivity index (χ0) is 20.5. The molecular weight excluding hydrogens is 374 g/mol. The van der Waals surface area contributed by atoms with Gasteiger partial charge in [-0.2, -0.15) is 4.31 Å². The van der Waals surface area contributed by atoms with Crippen LogP contribution in [0.1, 0.15) is 31.4 Å². The first-order valence-corrected chi connectivity index (χ1v) is 11.8. The van der Waals surface area contributed by atoms with Gasteiger partial charge in [-0.05, 0) is 31.9 Å². The third-order valence-electron chi connectivity index (χ3n) is 6.02. The fourth-order valence-corrected chi connectivity index (χ4v) is 6.43. The Balaban J connectivity index is 1.58. The number of amides is 1. The van der Waals surface area contributed by atoms with Gasteiger partial charge in [0.1, 0.15) is 0 Å². The summed E-state index contributed by atoms with van der Waals surface area (Å²) in [6.07, 6.45) is 1.24. The number of carbonyl (C=O) groups excluding carboxylic acids is 1. The fraction of sp³-hybridized carbons (Fsp3) is 0.667. The Morgan fingerprint density at radius 2 is 1.68 bits per heavy atom. The summed E-state index contributed by atoms with van der Waals surface area (Å²) in [7, 11) is -3.51. The molecule has 1 N–H and O–H groups in total. The standard InChI is InChI=1S/C21H33N3O3S/c1-16-5-6-20(19(4)12-16)28(26,27)24-9-7-23(8-10-24)21(25)15-22-13-17(2)11-18(3)14-22/h5-6,12,17-18H,7-11,13-15H2,1-4H3/p+1/t17-,18-/m1/s1. The number of hydrogen-bond acceptors (Lipinski definition) is 3. The van der Waals surface area contributed by atoms with Gasteiger partial charge in [-0.3, -0.25) is 4.79 Å². The summed E-state index contributed by atoms with van der Waals surface area (Å²) in [5.74, 6) is 1.47. The molecule has 2 aliphatic rings. The summed E-state index contributed by atoms with van der Waals surface area (Å²) in [6, 6.07) is 5.43. The summed E-state index contributed by atoms with van der Waals surface area (Å²) < 4.78 is 27.5. The van der Waals surface area contributed by atoms with Gasteiger partial charge >= 0.3 is 0 Å². The average molecular weight is 409 g/mol. The number of benzene rings is 1. The van der Waals surface area contributed by atoms with Gasteiger partial charge in [-0.1, -0.05) is 31.5 Å². The molecule has 0 bridgehead atoms. The van der Waals surface area contributed by atoms with Crippen molar-refractivity contribution in [1.29, 1.82) is 0 Å². The number of carbonyl (C=O) groups is 1. The summed E-state index contributed by atoms with van der Waals surface area (Å²) >= 11 is 0. The number of nitrogens with zero attached hydrogens (tertiary/aromatic N) is 2. The van der Waals surface area contributed by atoms with Crippen molar-refractivity contribution >= 4 is 15.9 Å². The zero-order valence-corrected chi connectivity index (χ0v) is 18.4. The molecule has 2 saturated heterocycles. The maximum absolute atomic E-state index is 13.0. The summed E-state index contributed by atoms with van der Waals surface area (Å²) in [5.41, 5.74) is 1.83. The van der Waals surface area contributed by atoms with E-state index in [-0.39, 0.29) is 5.91 Å². The molecule has 0 radical (unpaired) electrons. The molecule has 0 spiro atoms. The first kappa shape index (κ1) is 21.3. The molecule has 2 heterocycles. The van der Waals surface area contributed by atoms with E-state index in [1.807, 2.05) is 30.9 Å². The van der Waals surface area contributed by atoms with E-state index in [1.165, 1.54) is 15.6 Å². The summed E-state index contributed by atoms with van der Waals surface area (Å²) in [6.45, 7) is 12.6. The van der Waals surface area contributed by atoms with E-state index in [4.69, 9.17) is 0 Å². The number of sulfonamides is 1. The largest absolute Gasteiger partial charge is 0.335 e. The van der Waals surface area contributed by atoms with Crippen LogP contribution in [0.25, 0.3) is 0 Å². The van der Waals surface area contributed by atoms with Crippen molar-refractivity contribution in [1.82, 2.24) is 9.21 Å². The quantitative estimate of drug-likeness (QED) is 0.798. The maximum Gasteiger partial charge on any atom is 0.277 e. The molecule has 1 aromatic rings. The molecular formula is C21H34N3O3S+. The van der Waals surface area contributed by atoms with Crippen LogP contribution in [0, 0.1) is 25.7 Å². The van der Waals surface area contributed by atoms with Crippen LogP contribution in [0.2, 0.25) is 0 Å². The predicted octanol–water partition coefficient (Wildman–Crippen LogP) is 0.697. The van der Waals surface area contributed by atoms with Gasteiger partial charge in [0.25, 0.3) is 5.91 Å². The van der Waals surface area contributed by atoms with Crippen LogP contribution in [0.15, 0.2) is 23.1 Å². The van der Waals surface area contributed by atoms with Crippen LogP contribution >= 0.6 is 0 Å². The van der Waals surface area contributed by atoms with Gasteiger partial charge in [0.05, 0.1) is 18.0 Å². The Bertz CT molecular complexity index is 806. The smallest absolute Gasteiger partial charge is 0.277 e. The maximum atomic E-state index is 13.0. The number of hydrogen-bond donors (Lipinski definition) is 1. The molecule has 3 rings (SSSR count). The number of nitrogens with one attached hydrogen (secondary N) is 1. The molecule has 6 nitrogen and oxygen atoms in total. The fourth-order valence-electron chi connectivity index (χ4n) is 4.80. The highest BCUT2D eigenvalue weighted by atomic mass is 32.2. The van der Waals surface area contributed by atoms with Crippen molar-refractivity contribution in [2.75, 3.05) is 45.8 Å². The molecule has 0 saturated carbocycles. The lowest BCUT2D eigenvalue weighted by Gasteiger charge is -2.36. The third-order valence-corrected chi connectivity index (χ3v) is 8.08. The Labute approximate surface area is 169 Å². The van der Waals surface area contributed by atoms with Gasteiger partial charge in [0, 0.05) is 38.0 Å². The molecule has 7 heteroatoms. The van der Waals surface area contributed by atoms with Crippen LogP contribution in [0.3, 0.4) is 0 Å². The van der Waals surface area contributed by atoms with E-state index >= 15 is 0 Å². The van der Waals surface area contributed by atoms with Crippen molar-refractivity contribution in [3.8, 4) is 0 Å². The van der Waals surface area contributed by atoms with Crippen molar-refractivity contribution < 1.29 is 18.1 Å². The van der Waals surface area contributed by atoms with E-state index in [9.17, 15) is 13.2 Å². The second-order valence-electron chi connectivity index (χ2n) is 8.83. The van der Waals surface area contributed by atoms with Crippen LogP contribution in [-0.4, -0.2) is 69.3 Å². The number of rotatable bonds is 4. The van der Waals surface area contributed by atoms with Gasteiger partial charge in [-0.15, -0.1) is 0 Å². The molecule has 0 unspecified atom stereocenters. The lowest BCUT2D eigenvalue weighted by Crippen LogP contribution is -3.15. The van der Waals surface area contributed by atoms with E-state index in [2.05, 4.69) is 13.8 Å². The normalized spacial score (nSPS) is 27.0.